The lowest BCUT2D eigenvalue weighted by atomic mass is 9.83. The van der Waals surface area contributed by atoms with Gasteiger partial charge in [-0.2, -0.15) is 11.8 Å². The highest BCUT2D eigenvalue weighted by atomic mass is 35.5. The number of amides is 1. The SMILES string of the molecule is CC(C)(Cc1ccc(Cl)c(Cl)c1)C(=O)NC1CCC(n2c(=O)c3cc(F)cnc3n(C3CCSCC3)c2=O)CC1. The van der Waals surface area contributed by atoms with Gasteiger partial charge in [-0.05, 0) is 80.2 Å². The van der Waals surface area contributed by atoms with Gasteiger partial charge in [0.05, 0.1) is 21.6 Å². The number of fused-ring (bicyclic) bond motifs is 1. The molecule has 2 fully saturated rings. The molecule has 0 unspecified atom stereocenters. The van der Waals surface area contributed by atoms with E-state index in [1.54, 1.807) is 16.7 Å². The molecule has 0 bridgehead atoms. The molecule has 0 atom stereocenters. The first kappa shape index (κ1) is 29.1. The van der Waals surface area contributed by atoms with Gasteiger partial charge in [0.25, 0.3) is 5.56 Å². The van der Waals surface area contributed by atoms with Crippen molar-refractivity contribution < 1.29 is 9.18 Å². The van der Waals surface area contributed by atoms with Crippen LogP contribution >= 0.6 is 35.0 Å². The number of pyridine rings is 1. The maximum Gasteiger partial charge on any atom is 0.333 e. The fourth-order valence-electron chi connectivity index (χ4n) is 5.90. The van der Waals surface area contributed by atoms with Gasteiger partial charge in [-0.3, -0.25) is 18.7 Å². The number of aromatic nitrogens is 3. The molecule has 7 nitrogen and oxygen atoms in total. The van der Waals surface area contributed by atoms with Crippen LogP contribution in [-0.2, 0) is 11.2 Å². The molecular weight excluding hydrogens is 574 g/mol. The second kappa shape index (κ2) is 11.9. The third-order valence-corrected chi connectivity index (χ3v) is 9.91. The Labute approximate surface area is 246 Å². The minimum Gasteiger partial charge on any atom is -0.353 e. The molecule has 1 N–H and O–H groups in total. The van der Waals surface area contributed by atoms with Gasteiger partial charge >= 0.3 is 5.69 Å². The minimum absolute atomic E-state index is 0.0651. The predicted octanol–water partition coefficient (Wildman–Crippen LogP) is 5.94. The topological polar surface area (TPSA) is 86.0 Å². The summed E-state index contributed by atoms with van der Waals surface area (Å²) in [5.41, 5.74) is -0.360. The molecule has 1 saturated carbocycles. The molecule has 0 radical (unpaired) electrons. The molecule has 1 aliphatic carbocycles. The van der Waals surface area contributed by atoms with E-state index in [0.29, 0.717) is 42.1 Å². The average Bonchev–Trinajstić information content (AvgIpc) is 2.92. The van der Waals surface area contributed by atoms with Crippen LogP contribution in [0, 0.1) is 11.2 Å². The molecule has 3 heterocycles. The van der Waals surface area contributed by atoms with Crippen molar-refractivity contribution in [1.82, 2.24) is 19.4 Å². The van der Waals surface area contributed by atoms with E-state index >= 15 is 0 Å². The first-order chi connectivity index (χ1) is 19.0. The standard InChI is InChI=1S/C29H33Cl2FN4O3S/c1-29(2,15-17-3-8-23(30)24(31)13-17)27(38)34-19-4-6-20(7-5-19)36-26(37)22-14-18(32)16-33-25(22)35(28(36)39)21-9-11-40-12-10-21/h3,8,13-14,16,19-21H,4-7,9-12,15H2,1-2H3,(H,34,38). The average molecular weight is 608 g/mol. The molecule has 2 aliphatic rings. The lowest BCUT2D eigenvalue weighted by molar-refractivity contribution is -0.130. The van der Waals surface area contributed by atoms with E-state index in [-0.39, 0.29) is 40.8 Å². The van der Waals surface area contributed by atoms with Crippen LogP contribution in [0.3, 0.4) is 0 Å². The highest BCUT2D eigenvalue weighted by molar-refractivity contribution is 7.99. The summed E-state index contributed by atoms with van der Waals surface area (Å²) in [4.78, 5) is 44.7. The molecule has 1 aliphatic heterocycles. The first-order valence-corrected chi connectivity index (χ1v) is 15.6. The summed E-state index contributed by atoms with van der Waals surface area (Å²) in [6.45, 7) is 3.79. The molecule has 40 heavy (non-hydrogen) atoms. The number of halogens is 3. The fourth-order valence-corrected chi connectivity index (χ4v) is 7.30. The molecule has 3 aromatic rings. The Balaban J connectivity index is 1.33. The summed E-state index contributed by atoms with van der Waals surface area (Å²) in [5, 5.41) is 4.24. The zero-order chi connectivity index (χ0) is 28.6. The van der Waals surface area contributed by atoms with E-state index in [1.165, 1.54) is 10.6 Å². The van der Waals surface area contributed by atoms with Gasteiger partial charge in [0, 0.05) is 23.5 Å². The third kappa shape index (κ3) is 5.97. The van der Waals surface area contributed by atoms with Crippen LogP contribution in [-0.4, -0.2) is 37.6 Å². The Morgan fingerprint density at radius 3 is 2.38 bits per heavy atom. The zero-order valence-electron chi connectivity index (χ0n) is 22.6. The van der Waals surface area contributed by atoms with Gasteiger partial charge < -0.3 is 5.32 Å². The van der Waals surface area contributed by atoms with Crippen molar-refractivity contribution in [3.8, 4) is 0 Å². The Morgan fingerprint density at radius 2 is 1.70 bits per heavy atom. The van der Waals surface area contributed by atoms with Crippen LogP contribution in [0.15, 0.2) is 40.1 Å². The molecule has 214 valence electrons. The number of carbonyl (C=O) groups is 1. The number of hydrogen-bond donors (Lipinski definition) is 1. The van der Waals surface area contributed by atoms with Crippen LogP contribution in [0.5, 0.6) is 0 Å². The van der Waals surface area contributed by atoms with E-state index in [9.17, 15) is 18.8 Å². The van der Waals surface area contributed by atoms with Gasteiger partial charge in [-0.15, -0.1) is 0 Å². The normalized spacial score (nSPS) is 20.5. The molecule has 11 heteroatoms. The van der Waals surface area contributed by atoms with Crippen molar-refractivity contribution in [3.05, 3.63) is 72.7 Å². The number of nitrogens with one attached hydrogen (secondary N) is 1. The summed E-state index contributed by atoms with van der Waals surface area (Å²) < 4.78 is 17.1. The van der Waals surface area contributed by atoms with Gasteiger partial charge in [0.2, 0.25) is 5.91 Å². The van der Waals surface area contributed by atoms with E-state index in [2.05, 4.69) is 10.3 Å². The monoisotopic (exact) mass is 606 g/mol. The number of hydrogen-bond acceptors (Lipinski definition) is 5. The summed E-state index contributed by atoms with van der Waals surface area (Å²) >= 11 is 14.0. The predicted molar refractivity (Wildman–Crippen MR) is 159 cm³/mol. The molecule has 1 amide bonds. The Hall–Kier alpha value is -2.36. The number of thioether (sulfide) groups is 1. The number of rotatable bonds is 6. The minimum atomic E-state index is -0.674. The Kier molecular flexibility index (Phi) is 8.64. The van der Waals surface area contributed by atoms with Gasteiger partial charge in [-0.1, -0.05) is 43.1 Å². The fraction of sp³-hybridized carbons (Fsp3) is 0.517. The van der Waals surface area contributed by atoms with Crippen LogP contribution in [0.25, 0.3) is 11.0 Å². The molecule has 1 saturated heterocycles. The highest BCUT2D eigenvalue weighted by Crippen LogP contribution is 2.32. The van der Waals surface area contributed by atoms with Crippen LogP contribution in [0.1, 0.15) is 70.0 Å². The molecule has 2 aromatic heterocycles. The second-order valence-electron chi connectivity index (χ2n) is 11.5. The third-order valence-electron chi connectivity index (χ3n) is 8.12. The largest absolute Gasteiger partial charge is 0.353 e. The van der Waals surface area contributed by atoms with E-state index < -0.39 is 16.8 Å². The summed E-state index contributed by atoms with van der Waals surface area (Å²) in [6.07, 6.45) is 5.54. The summed E-state index contributed by atoms with van der Waals surface area (Å²) in [7, 11) is 0. The van der Waals surface area contributed by atoms with Crippen molar-refractivity contribution >= 4 is 51.9 Å². The first-order valence-electron chi connectivity index (χ1n) is 13.7. The highest BCUT2D eigenvalue weighted by Gasteiger charge is 2.33. The van der Waals surface area contributed by atoms with Crippen molar-refractivity contribution in [1.29, 1.82) is 0 Å². The van der Waals surface area contributed by atoms with Crippen molar-refractivity contribution in [2.75, 3.05) is 11.5 Å². The zero-order valence-corrected chi connectivity index (χ0v) is 24.9. The Bertz CT molecular complexity index is 1540. The molecular formula is C29H33Cl2FN4O3S. The molecule has 1 aromatic carbocycles. The smallest absolute Gasteiger partial charge is 0.333 e. The van der Waals surface area contributed by atoms with E-state index in [0.717, 1.165) is 36.1 Å². The summed E-state index contributed by atoms with van der Waals surface area (Å²) in [6, 6.07) is 6.11. The van der Waals surface area contributed by atoms with E-state index in [4.69, 9.17) is 23.2 Å². The molecule has 5 rings (SSSR count). The van der Waals surface area contributed by atoms with Gasteiger partial charge in [0.1, 0.15) is 11.5 Å². The maximum atomic E-state index is 14.2. The van der Waals surface area contributed by atoms with Crippen LogP contribution < -0.4 is 16.6 Å². The number of nitrogens with zero attached hydrogens (tertiary/aromatic N) is 3. The van der Waals surface area contributed by atoms with Crippen molar-refractivity contribution in [2.45, 2.75) is 76.9 Å². The number of carbonyl (C=O) groups excluding carboxylic acids is 1. The maximum absolute atomic E-state index is 14.2. The Morgan fingerprint density at radius 1 is 1.02 bits per heavy atom. The van der Waals surface area contributed by atoms with Crippen molar-refractivity contribution in [2.24, 2.45) is 5.41 Å². The molecule has 0 spiro atoms. The number of benzene rings is 1. The second-order valence-corrected chi connectivity index (χ2v) is 13.5. The van der Waals surface area contributed by atoms with Crippen LogP contribution in [0.4, 0.5) is 4.39 Å². The van der Waals surface area contributed by atoms with Crippen LogP contribution in [0.2, 0.25) is 10.0 Å². The van der Waals surface area contributed by atoms with E-state index in [1.807, 2.05) is 31.7 Å². The van der Waals surface area contributed by atoms with Gasteiger partial charge in [-0.25, -0.2) is 14.2 Å². The quantitative estimate of drug-likeness (QED) is 0.375. The van der Waals surface area contributed by atoms with Crippen molar-refractivity contribution in [3.63, 3.8) is 0 Å². The lowest BCUT2D eigenvalue weighted by Gasteiger charge is -2.33. The lowest BCUT2D eigenvalue weighted by Crippen LogP contribution is -2.48. The summed E-state index contributed by atoms with van der Waals surface area (Å²) in [5.74, 6) is 1.18. The van der Waals surface area contributed by atoms with Gasteiger partial charge in [0.15, 0.2) is 0 Å².